The summed E-state index contributed by atoms with van der Waals surface area (Å²) in [7, 11) is 0. The molecule has 1 N–H and O–H groups in total. The first-order chi connectivity index (χ1) is 8.97. The first kappa shape index (κ1) is 14.3. The molecule has 0 aliphatic carbocycles. The molecule has 0 saturated heterocycles. The van der Waals surface area contributed by atoms with Crippen LogP contribution in [0.15, 0.2) is 34.1 Å². The van der Waals surface area contributed by atoms with Gasteiger partial charge in [-0.25, -0.2) is 0 Å². The van der Waals surface area contributed by atoms with Gasteiger partial charge in [0.05, 0.1) is 8.66 Å². The van der Waals surface area contributed by atoms with E-state index in [0.29, 0.717) is 5.92 Å². The maximum absolute atomic E-state index is 12.1. The van der Waals surface area contributed by atoms with Crippen LogP contribution in [-0.2, 0) is 0 Å². The lowest BCUT2D eigenvalue weighted by molar-refractivity contribution is 0.103. The summed E-state index contributed by atoms with van der Waals surface area (Å²) in [6, 6.07) is 9.89. The summed E-state index contributed by atoms with van der Waals surface area (Å²) in [6.45, 7) is 6.29. The van der Waals surface area contributed by atoms with Gasteiger partial charge in [0.1, 0.15) is 0 Å². The van der Waals surface area contributed by atoms with E-state index in [1.807, 2.05) is 25.1 Å². The molecule has 0 radical (unpaired) electrons. The van der Waals surface area contributed by atoms with Crippen LogP contribution in [-0.4, -0.2) is 5.91 Å². The molecule has 0 atom stereocenters. The predicted molar refractivity (Wildman–Crippen MR) is 85.2 cm³/mol. The Labute approximate surface area is 126 Å². The second-order valence-corrected chi connectivity index (χ2v) is 7.17. The van der Waals surface area contributed by atoms with Crippen molar-refractivity contribution in [3.63, 3.8) is 0 Å². The van der Waals surface area contributed by atoms with Gasteiger partial charge >= 0.3 is 0 Å². The number of thiophene rings is 1. The second-order valence-electron chi connectivity index (χ2n) is 4.80. The molecule has 0 unspecified atom stereocenters. The Kier molecular flexibility index (Phi) is 4.42. The van der Waals surface area contributed by atoms with Crippen LogP contribution in [0.25, 0.3) is 0 Å². The number of amides is 1. The Balaban J connectivity index is 2.10. The number of nitrogens with one attached hydrogen (secondary N) is 1. The van der Waals surface area contributed by atoms with Crippen LogP contribution in [0.5, 0.6) is 0 Å². The molecule has 0 fully saturated rings. The van der Waals surface area contributed by atoms with Crippen LogP contribution in [0.2, 0.25) is 0 Å². The normalized spacial score (nSPS) is 10.8. The van der Waals surface area contributed by atoms with E-state index in [0.717, 1.165) is 19.9 Å². The van der Waals surface area contributed by atoms with Crippen molar-refractivity contribution in [2.45, 2.75) is 26.7 Å². The molecule has 100 valence electrons. The molecule has 0 bridgehead atoms. The van der Waals surface area contributed by atoms with Gasteiger partial charge in [0.2, 0.25) is 0 Å². The highest BCUT2D eigenvalue weighted by Crippen LogP contribution is 2.28. The fourth-order valence-electron chi connectivity index (χ4n) is 1.72. The smallest absolute Gasteiger partial charge is 0.265 e. The zero-order valence-corrected chi connectivity index (χ0v) is 13.6. The van der Waals surface area contributed by atoms with E-state index < -0.39 is 0 Å². The van der Waals surface area contributed by atoms with E-state index in [1.54, 1.807) is 0 Å². The van der Waals surface area contributed by atoms with Crippen molar-refractivity contribution in [1.82, 2.24) is 0 Å². The molecule has 0 saturated carbocycles. The van der Waals surface area contributed by atoms with Crippen LogP contribution < -0.4 is 5.32 Å². The van der Waals surface area contributed by atoms with Crippen molar-refractivity contribution in [1.29, 1.82) is 0 Å². The van der Waals surface area contributed by atoms with Crippen molar-refractivity contribution >= 4 is 38.9 Å². The van der Waals surface area contributed by atoms with Gasteiger partial charge in [0.25, 0.3) is 5.91 Å². The molecule has 19 heavy (non-hydrogen) atoms. The minimum atomic E-state index is -0.0592. The fourth-order valence-corrected chi connectivity index (χ4v) is 3.15. The van der Waals surface area contributed by atoms with Crippen molar-refractivity contribution in [3.05, 3.63) is 50.1 Å². The van der Waals surface area contributed by atoms with Gasteiger partial charge in [-0.05, 0) is 58.1 Å². The van der Waals surface area contributed by atoms with E-state index in [-0.39, 0.29) is 5.91 Å². The van der Waals surface area contributed by atoms with Gasteiger partial charge in [-0.15, -0.1) is 11.3 Å². The first-order valence-electron chi connectivity index (χ1n) is 6.14. The Morgan fingerprint density at radius 2 is 1.89 bits per heavy atom. The van der Waals surface area contributed by atoms with Crippen LogP contribution in [0.3, 0.4) is 0 Å². The minimum Gasteiger partial charge on any atom is -0.321 e. The van der Waals surface area contributed by atoms with E-state index >= 15 is 0 Å². The number of hydrogen-bond donors (Lipinski definition) is 1. The molecule has 1 heterocycles. The summed E-state index contributed by atoms with van der Waals surface area (Å²) in [5.41, 5.74) is 3.19. The fraction of sp³-hybridized carbons (Fsp3) is 0.267. The second kappa shape index (κ2) is 5.88. The average molecular weight is 338 g/mol. The van der Waals surface area contributed by atoms with Gasteiger partial charge in [-0.2, -0.15) is 0 Å². The third-order valence-electron chi connectivity index (χ3n) is 2.92. The molecule has 1 aromatic carbocycles. The number of halogens is 1. The zero-order chi connectivity index (χ0) is 14.0. The van der Waals surface area contributed by atoms with Crippen molar-refractivity contribution < 1.29 is 4.79 Å². The number of rotatable bonds is 3. The predicted octanol–water partition coefficient (Wildman–Crippen LogP) is 5.19. The molecule has 1 aromatic heterocycles. The lowest BCUT2D eigenvalue weighted by Gasteiger charge is -2.07. The van der Waals surface area contributed by atoms with Gasteiger partial charge in [-0.3, -0.25) is 4.79 Å². The third kappa shape index (κ3) is 3.45. The maximum atomic E-state index is 12.1. The van der Waals surface area contributed by atoms with Crippen LogP contribution in [0.1, 0.15) is 40.6 Å². The molecule has 1 amide bonds. The summed E-state index contributed by atoms with van der Waals surface area (Å²) in [4.78, 5) is 12.8. The Bertz CT molecular complexity index is 567. The lowest BCUT2D eigenvalue weighted by Crippen LogP contribution is -2.10. The highest BCUT2D eigenvalue weighted by molar-refractivity contribution is 9.11. The maximum Gasteiger partial charge on any atom is 0.265 e. The van der Waals surface area contributed by atoms with Crippen molar-refractivity contribution in [2.75, 3.05) is 5.32 Å². The first-order valence-corrected chi connectivity index (χ1v) is 7.75. The lowest BCUT2D eigenvalue weighted by atomic mass is 10.0. The van der Waals surface area contributed by atoms with Crippen LogP contribution in [0, 0.1) is 6.92 Å². The van der Waals surface area contributed by atoms with Gasteiger partial charge in [-0.1, -0.05) is 26.0 Å². The van der Waals surface area contributed by atoms with Crippen molar-refractivity contribution in [2.24, 2.45) is 0 Å². The third-order valence-corrected chi connectivity index (χ3v) is 5.05. The van der Waals surface area contributed by atoms with E-state index in [2.05, 4.69) is 47.2 Å². The summed E-state index contributed by atoms with van der Waals surface area (Å²) in [5.74, 6) is 0.441. The molecule has 2 rings (SSSR count). The van der Waals surface area contributed by atoms with Gasteiger partial charge in [0.15, 0.2) is 0 Å². The van der Waals surface area contributed by atoms with Crippen LogP contribution in [0.4, 0.5) is 5.69 Å². The molecule has 0 aliphatic heterocycles. The van der Waals surface area contributed by atoms with Gasteiger partial charge < -0.3 is 5.32 Å². The Hall–Kier alpha value is -1.13. The van der Waals surface area contributed by atoms with Gasteiger partial charge in [0, 0.05) is 5.69 Å². The summed E-state index contributed by atoms with van der Waals surface area (Å²) < 4.78 is 1.01. The summed E-state index contributed by atoms with van der Waals surface area (Å²) in [5, 5.41) is 2.92. The summed E-state index contributed by atoms with van der Waals surface area (Å²) in [6.07, 6.45) is 0. The van der Waals surface area contributed by atoms with Crippen molar-refractivity contribution in [3.8, 4) is 0 Å². The minimum absolute atomic E-state index is 0.0592. The number of hydrogen-bond acceptors (Lipinski definition) is 2. The average Bonchev–Trinajstić information content (AvgIpc) is 2.70. The molecule has 0 spiro atoms. The standard InChI is InChI=1S/C15H16BrNOS/c1-9(2)11-4-6-12(7-5-11)17-15(18)13-8-10(3)14(16)19-13/h4-9H,1-3H3,(H,17,18). The monoisotopic (exact) mass is 337 g/mol. The largest absolute Gasteiger partial charge is 0.321 e. The molecular formula is C15H16BrNOS. The molecular weight excluding hydrogens is 322 g/mol. The zero-order valence-electron chi connectivity index (χ0n) is 11.2. The topological polar surface area (TPSA) is 29.1 Å². The molecule has 4 heteroatoms. The number of aryl methyl sites for hydroxylation is 1. The highest BCUT2D eigenvalue weighted by Gasteiger charge is 2.11. The van der Waals surface area contributed by atoms with E-state index in [1.165, 1.54) is 16.9 Å². The van der Waals surface area contributed by atoms with E-state index in [9.17, 15) is 4.79 Å². The number of anilines is 1. The number of carbonyl (C=O) groups excluding carboxylic acids is 1. The number of benzene rings is 1. The Morgan fingerprint density at radius 3 is 2.37 bits per heavy atom. The van der Waals surface area contributed by atoms with E-state index in [4.69, 9.17) is 0 Å². The Morgan fingerprint density at radius 1 is 1.26 bits per heavy atom. The highest BCUT2D eigenvalue weighted by atomic mass is 79.9. The SMILES string of the molecule is Cc1cc(C(=O)Nc2ccc(C(C)C)cc2)sc1Br. The number of carbonyl (C=O) groups is 1. The quantitative estimate of drug-likeness (QED) is 0.819. The molecule has 2 nitrogen and oxygen atoms in total. The molecule has 2 aromatic rings. The van der Waals surface area contributed by atoms with Crippen LogP contribution >= 0.6 is 27.3 Å². The molecule has 0 aliphatic rings. The summed E-state index contributed by atoms with van der Waals surface area (Å²) >= 11 is 4.89.